The van der Waals surface area contributed by atoms with Gasteiger partial charge in [-0.15, -0.1) is 0 Å². The van der Waals surface area contributed by atoms with E-state index in [1.807, 2.05) is 20.8 Å². The molecule has 1 rings (SSSR count). The van der Waals surface area contributed by atoms with E-state index in [9.17, 15) is 4.79 Å². The Kier molecular flexibility index (Phi) is 6.78. The van der Waals surface area contributed by atoms with Crippen molar-refractivity contribution in [1.82, 2.24) is 5.32 Å². The van der Waals surface area contributed by atoms with E-state index in [0.29, 0.717) is 19.6 Å². The fourth-order valence-electron chi connectivity index (χ4n) is 2.48. The van der Waals surface area contributed by atoms with Crippen molar-refractivity contribution >= 4 is 17.7 Å². The molecule has 2 atom stereocenters. The van der Waals surface area contributed by atoms with Crippen LogP contribution in [0.1, 0.15) is 33.6 Å². The van der Waals surface area contributed by atoms with E-state index in [0.717, 1.165) is 17.9 Å². The molecule has 0 bridgehead atoms. The predicted molar refractivity (Wildman–Crippen MR) is 82.8 cm³/mol. The van der Waals surface area contributed by atoms with Crippen molar-refractivity contribution in [3.63, 3.8) is 0 Å². The summed E-state index contributed by atoms with van der Waals surface area (Å²) in [4.78, 5) is 12.3. The third-order valence-corrected chi connectivity index (χ3v) is 5.28. The molecule has 0 aromatic carbocycles. The quantitative estimate of drug-likeness (QED) is 0.547. The van der Waals surface area contributed by atoms with Crippen molar-refractivity contribution in [2.24, 2.45) is 11.1 Å². The number of carbonyl (C=O) groups excluding carboxylic acids is 1. The highest BCUT2D eigenvalue weighted by atomic mass is 32.2. The molecule has 1 aliphatic carbocycles. The number of hydrogen-bond acceptors (Lipinski definition) is 5. The van der Waals surface area contributed by atoms with Crippen molar-refractivity contribution in [1.29, 1.82) is 0 Å². The fourth-order valence-corrected chi connectivity index (χ4v) is 3.27. The van der Waals surface area contributed by atoms with Crippen LogP contribution in [0.2, 0.25) is 0 Å². The third kappa shape index (κ3) is 3.67. The lowest BCUT2D eigenvalue weighted by atomic mass is 9.54. The van der Waals surface area contributed by atoms with E-state index in [-0.39, 0.29) is 24.0 Å². The van der Waals surface area contributed by atoms with Gasteiger partial charge in [-0.1, -0.05) is 13.8 Å². The molecule has 4 N–H and O–H groups in total. The fraction of sp³-hybridized carbons (Fsp3) is 0.929. The lowest BCUT2D eigenvalue weighted by molar-refractivity contribution is -0.170. The highest BCUT2D eigenvalue weighted by Gasteiger charge is 2.62. The molecule has 1 fully saturated rings. The summed E-state index contributed by atoms with van der Waals surface area (Å²) < 4.78 is 5.62. The number of thioether (sulfide) groups is 1. The van der Waals surface area contributed by atoms with Gasteiger partial charge in [0.1, 0.15) is 5.54 Å². The second-order valence-corrected chi connectivity index (χ2v) is 7.01. The van der Waals surface area contributed by atoms with Crippen LogP contribution in [-0.4, -0.2) is 53.9 Å². The van der Waals surface area contributed by atoms with Crippen molar-refractivity contribution in [2.45, 2.75) is 45.3 Å². The normalized spacial score (nSPS) is 27.9. The number of carbonyl (C=O) groups is 1. The first kappa shape index (κ1) is 17.8. The van der Waals surface area contributed by atoms with E-state index in [1.54, 1.807) is 11.8 Å². The topological polar surface area (TPSA) is 84.6 Å². The van der Waals surface area contributed by atoms with Gasteiger partial charge < -0.3 is 20.9 Å². The number of amides is 1. The third-order valence-electron chi connectivity index (χ3n) is 4.21. The van der Waals surface area contributed by atoms with Gasteiger partial charge in [0.2, 0.25) is 5.91 Å². The number of ether oxygens (including phenoxy) is 1. The van der Waals surface area contributed by atoms with Gasteiger partial charge in [0.25, 0.3) is 0 Å². The SMILES string of the molecule is CCOC1CC(N)(C(=O)NCCSCCCO)C1(C)C. The maximum Gasteiger partial charge on any atom is 0.240 e. The Morgan fingerprint density at radius 3 is 2.75 bits per heavy atom. The van der Waals surface area contributed by atoms with Crippen LogP contribution in [0, 0.1) is 5.41 Å². The minimum absolute atomic E-state index is 0.0576. The molecule has 0 aliphatic heterocycles. The van der Waals surface area contributed by atoms with Crippen LogP contribution >= 0.6 is 11.8 Å². The second kappa shape index (κ2) is 7.64. The standard InChI is InChI=1S/C14H28N2O3S/c1-4-19-11-10-14(15,13(11,2)3)12(18)16-6-9-20-8-5-7-17/h11,17H,4-10,15H2,1-3H3,(H,16,18). The predicted octanol–water partition coefficient (Wildman–Crippen LogP) is 0.751. The lowest BCUT2D eigenvalue weighted by Gasteiger charge is -2.57. The Labute approximate surface area is 126 Å². The zero-order chi connectivity index (χ0) is 15.2. The minimum atomic E-state index is -0.831. The van der Waals surface area contributed by atoms with Crippen LogP contribution in [0.5, 0.6) is 0 Å². The van der Waals surface area contributed by atoms with Gasteiger partial charge in [0.15, 0.2) is 0 Å². The molecular formula is C14H28N2O3S. The molecule has 20 heavy (non-hydrogen) atoms. The molecule has 5 nitrogen and oxygen atoms in total. The molecule has 2 unspecified atom stereocenters. The van der Waals surface area contributed by atoms with E-state index < -0.39 is 5.54 Å². The van der Waals surface area contributed by atoms with Crippen molar-refractivity contribution < 1.29 is 14.6 Å². The van der Waals surface area contributed by atoms with Gasteiger partial charge in [-0.25, -0.2) is 0 Å². The number of aliphatic hydroxyl groups excluding tert-OH is 1. The first-order chi connectivity index (χ1) is 9.40. The number of nitrogens with one attached hydrogen (secondary N) is 1. The molecule has 1 aliphatic rings. The van der Waals surface area contributed by atoms with E-state index in [4.69, 9.17) is 15.6 Å². The van der Waals surface area contributed by atoms with Gasteiger partial charge in [-0.2, -0.15) is 11.8 Å². The molecule has 0 aromatic heterocycles. The number of nitrogens with two attached hydrogens (primary N) is 1. The van der Waals surface area contributed by atoms with Gasteiger partial charge >= 0.3 is 0 Å². The lowest BCUT2D eigenvalue weighted by Crippen LogP contribution is -2.75. The Hall–Kier alpha value is -0.300. The summed E-state index contributed by atoms with van der Waals surface area (Å²) in [6, 6.07) is 0. The van der Waals surface area contributed by atoms with E-state index in [1.165, 1.54) is 0 Å². The van der Waals surface area contributed by atoms with Crippen molar-refractivity contribution in [3.05, 3.63) is 0 Å². The Morgan fingerprint density at radius 2 is 2.20 bits per heavy atom. The van der Waals surface area contributed by atoms with Gasteiger partial charge in [0.05, 0.1) is 6.10 Å². The maximum atomic E-state index is 12.3. The molecule has 0 spiro atoms. The van der Waals surface area contributed by atoms with E-state index >= 15 is 0 Å². The van der Waals surface area contributed by atoms with Crippen LogP contribution in [0.4, 0.5) is 0 Å². The monoisotopic (exact) mass is 304 g/mol. The van der Waals surface area contributed by atoms with Crippen LogP contribution in [0.25, 0.3) is 0 Å². The van der Waals surface area contributed by atoms with Crippen LogP contribution in [-0.2, 0) is 9.53 Å². The minimum Gasteiger partial charge on any atom is -0.396 e. The molecule has 0 heterocycles. The summed E-state index contributed by atoms with van der Waals surface area (Å²) in [5.41, 5.74) is 5.11. The average Bonchev–Trinajstić information content (AvgIpc) is 2.41. The second-order valence-electron chi connectivity index (χ2n) is 5.79. The Bertz CT molecular complexity index is 326. The molecular weight excluding hydrogens is 276 g/mol. The number of hydrogen-bond donors (Lipinski definition) is 3. The summed E-state index contributed by atoms with van der Waals surface area (Å²) in [6.07, 6.45) is 1.43. The molecule has 1 saturated carbocycles. The molecule has 1 amide bonds. The van der Waals surface area contributed by atoms with Gasteiger partial charge in [0, 0.05) is 37.3 Å². The maximum absolute atomic E-state index is 12.3. The van der Waals surface area contributed by atoms with E-state index in [2.05, 4.69) is 5.32 Å². The Balaban J connectivity index is 2.33. The van der Waals surface area contributed by atoms with Crippen molar-refractivity contribution in [2.75, 3.05) is 31.3 Å². The number of aliphatic hydroxyl groups is 1. The summed E-state index contributed by atoms with van der Waals surface area (Å²) in [6.45, 7) is 7.42. The zero-order valence-electron chi connectivity index (χ0n) is 12.8. The molecule has 0 radical (unpaired) electrons. The van der Waals surface area contributed by atoms with Crippen LogP contribution in [0.3, 0.4) is 0 Å². The molecule has 0 aromatic rings. The Morgan fingerprint density at radius 1 is 1.50 bits per heavy atom. The highest BCUT2D eigenvalue weighted by Crippen LogP contribution is 2.49. The van der Waals surface area contributed by atoms with Crippen LogP contribution < -0.4 is 11.1 Å². The molecule has 118 valence electrons. The summed E-state index contributed by atoms with van der Waals surface area (Å²) in [5.74, 6) is 1.68. The molecule has 0 saturated heterocycles. The van der Waals surface area contributed by atoms with Gasteiger partial charge in [-0.05, 0) is 19.1 Å². The average molecular weight is 304 g/mol. The summed E-state index contributed by atoms with van der Waals surface area (Å²) >= 11 is 1.72. The summed E-state index contributed by atoms with van der Waals surface area (Å²) in [5, 5.41) is 11.6. The smallest absolute Gasteiger partial charge is 0.240 e. The highest BCUT2D eigenvalue weighted by molar-refractivity contribution is 7.99. The summed E-state index contributed by atoms with van der Waals surface area (Å²) in [7, 11) is 0. The first-order valence-electron chi connectivity index (χ1n) is 7.27. The largest absolute Gasteiger partial charge is 0.396 e. The zero-order valence-corrected chi connectivity index (χ0v) is 13.6. The first-order valence-corrected chi connectivity index (χ1v) is 8.43. The van der Waals surface area contributed by atoms with Gasteiger partial charge in [-0.3, -0.25) is 4.79 Å². The van der Waals surface area contributed by atoms with Crippen molar-refractivity contribution in [3.8, 4) is 0 Å². The molecule has 6 heteroatoms. The van der Waals surface area contributed by atoms with Crippen LogP contribution in [0.15, 0.2) is 0 Å². The number of rotatable bonds is 9.